The Morgan fingerprint density at radius 2 is 2.16 bits per heavy atom. The van der Waals surface area contributed by atoms with Gasteiger partial charge in [-0.3, -0.25) is 9.69 Å². The Balaban J connectivity index is 2.12. The van der Waals surface area contributed by atoms with Gasteiger partial charge < -0.3 is 10.1 Å². The second-order valence-electron chi connectivity index (χ2n) is 6.41. The topological polar surface area (TPSA) is 58.6 Å². The summed E-state index contributed by atoms with van der Waals surface area (Å²) in [6, 6.07) is -0.421. The lowest BCUT2D eigenvalue weighted by Gasteiger charge is -2.53. The zero-order valence-corrected chi connectivity index (χ0v) is 11.9. The standard InChI is InChI=1S/C14H22N2O3/c1-5-10(17)11-14(6-7-15-8-14)9-16(11)12(18)19-13(2,3)4/h5,11,15H,1,6-9H2,2-4H3. The Morgan fingerprint density at radius 3 is 2.63 bits per heavy atom. The van der Waals surface area contributed by atoms with Crippen molar-refractivity contribution in [2.75, 3.05) is 19.6 Å². The molecular formula is C14H22N2O3. The average Bonchev–Trinajstić information content (AvgIpc) is 2.74. The highest BCUT2D eigenvalue weighted by Crippen LogP contribution is 2.44. The highest BCUT2D eigenvalue weighted by molar-refractivity contribution is 5.98. The second-order valence-corrected chi connectivity index (χ2v) is 6.41. The van der Waals surface area contributed by atoms with Gasteiger partial charge in [-0.25, -0.2) is 4.79 Å². The molecule has 0 aromatic rings. The van der Waals surface area contributed by atoms with Gasteiger partial charge in [0.05, 0.1) is 0 Å². The van der Waals surface area contributed by atoms with Crippen LogP contribution in [0.25, 0.3) is 0 Å². The fraction of sp³-hybridized carbons (Fsp3) is 0.714. The van der Waals surface area contributed by atoms with Gasteiger partial charge in [-0.2, -0.15) is 0 Å². The van der Waals surface area contributed by atoms with E-state index in [1.165, 1.54) is 11.0 Å². The van der Waals surface area contributed by atoms with E-state index in [0.29, 0.717) is 6.54 Å². The van der Waals surface area contributed by atoms with Gasteiger partial charge >= 0.3 is 6.09 Å². The lowest BCUT2D eigenvalue weighted by Crippen LogP contribution is -2.70. The van der Waals surface area contributed by atoms with Crippen LogP contribution < -0.4 is 5.32 Å². The minimum atomic E-state index is -0.546. The molecule has 0 aliphatic carbocycles. The first-order chi connectivity index (χ1) is 8.79. The van der Waals surface area contributed by atoms with Crippen molar-refractivity contribution >= 4 is 11.9 Å². The quantitative estimate of drug-likeness (QED) is 0.766. The average molecular weight is 266 g/mol. The first-order valence-electron chi connectivity index (χ1n) is 6.66. The van der Waals surface area contributed by atoms with Crippen molar-refractivity contribution in [3.05, 3.63) is 12.7 Å². The molecule has 0 saturated carbocycles. The van der Waals surface area contributed by atoms with E-state index < -0.39 is 17.7 Å². The first-order valence-corrected chi connectivity index (χ1v) is 6.66. The largest absolute Gasteiger partial charge is 0.444 e. The number of amides is 1. The summed E-state index contributed by atoms with van der Waals surface area (Å²) >= 11 is 0. The van der Waals surface area contributed by atoms with Gasteiger partial charge in [0, 0.05) is 18.5 Å². The van der Waals surface area contributed by atoms with E-state index >= 15 is 0 Å². The van der Waals surface area contributed by atoms with Gasteiger partial charge in [0.1, 0.15) is 11.6 Å². The molecule has 2 aliphatic rings. The molecule has 1 N–H and O–H groups in total. The molecule has 0 bridgehead atoms. The van der Waals surface area contributed by atoms with Crippen LogP contribution in [-0.2, 0) is 9.53 Å². The summed E-state index contributed by atoms with van der Waals surface area (Å²) in [4.78, 5) is 25.7. The van der Waals surface area contributed by atoms with Crippen molar-refractivity contribution in [1.82, 2.24) is 10.2 Å². The Morgan fingerprint density at radius 1 is 1.47 bits per heavy atom. The summed E-state index contributed by atoms with van der Waals surface area (Å²) in [5.74, 6) is -0.0965. The highest BCUT2D eigenvalue weighted by atomic mass is 16.6. The summed E-state index contributed by atoms with van der Waals surface area (Å²) in [5.41, 5.74) is -0.669. The number of likely N-dealkylation sites (tertiary alicyclic amines) is 1. The lowest BCUT2D eigenvalue weighted by atomic mass is 9.69. The number of hydrogen-bond donors (Lipinski definition) is 1. The molecule has 0 aromatic carbocycles. The molecule has 2 atom stereocenters. The fourth-order valence-electron chi connectivity index (χ4n) is 2.92. The van der Waals surface area contributed by atoms with Gasteiger partial charge in [-0.05, 0) is 39.8 Å². The van der Waals surface area contributed by atoms with Gasteiger partial charge in [0.2, 0.25) is 0 Å². The van der Waals surface area contributed by atoms with Gasteiger partial charge in [0.15, 0.2) is 5.78 Å². The fourth-order valence-corrected chi connectivity index (χ4v) is 2.92. The van der Waals surface area contributed by atoms with Crippen LogP contribution in [-0.4, -0.2) is 48.1 Å². The predicted molar refractivity (Wildman–Crippen MR) is 71.9 cm³/mol. The summed E-state index contributed by atoms with van der Waals surface area (Å²) in [6.07, 6.45) is 1.81. The molecule has 2 fully saturated rings. The maximum atomic E-state index is 12.1. The van der Waals surface area contributed by atoms with Crippen LogP contribution in [0.3, 0.4) is 0 Å². The van der Waals surface area contributed by atoms with Crippen LogP contribution in [0.1, 0.15) is 27.2 Å². The number of carbonyl (C=O) groups excluding carboxylic acids is 2. The Hall–Kier alpha value is -1.36. The third-order valence-corrected chi connectivity index (χ3v) is 3.75. The van der Waals surface area contributed by atoms with Crippen molar-refractivity contribution in [2.45, 2.75) is 38.8 Å². The van der Waals surface area contributed by atoms with Crippen LogP contribution in [0, 0.1) is 5.41 Å². The van der Waals surface area contributed by atoms with E-state index in [9.17, 15) is 9.59 Å². The normalized spacial score (nSPS) is 30.1. The van der Waals surface area contributed by atoms with Crippen molar-refractivity contribution in [3.63, 3.8) is 0 Å². The zero-order valence-electron chi connectivity index (χ0n) is 11.9. The summed E-state index contributed by atoms with van der Waals surface area (Å²) in [7, 11) is 0. The molecular weight excluding hydrogens is 244 g/mol. The van der Waals surface area contributed by atoms with Crippen LogP contribution in [0.2, 0.25) is 0 Å². The maximum absolute atomic E-state index is 12.1. The molecule has 0 aromatic heterocycles. The van der Waals surface area contributed by atoms with Crippen LogP contribution >= 0.6 is 0 Å². The third-order valence-electron chi connectivity index (χ3n) is 3.75. The first kappa shape index (κ1) is 14.1. The summed E-state index contributed by atoms with van der Waals surface area (Å²) in [6.45, 7) is 11.3. The molecule has 2 rings (SSSR count). The summed E-state index contributed by atoms with van der Waals surface area (Å²) in [5, 5.41) is 3.27. The molecule has 2 aliphatic heterocycles. The highest BCUT2D eigenvalue weighted by Gasteiger charge is 2.58. The Kier molecular flexibility index (Phi) is 3.43. The van der Waals surface area contributed by atoms with Gasteiger partial charge in [-0.15, -0.1) is 0 Å². The lowest BCUT2D eigenvalue weighted by molar-refractivity contribution is -0.136. The minimum absolute atomic E-state index is 0.0965. The molecule has 5 heteroatoms. The number of rotatable bonds is 2. The molecule has 106 valence electrons. The SMILES string of the molecule is C=CC(=O)C1N(C(=O)OC(C)(C)C)CC12CCNC2. The van der Waals surface area contributed by atoms with E-state index in [2.05, 4.69) is 11.9 Å². The molecule has 1 spiro atoms. The molecule has 2 saturated heterocycles. The monoisotopic (exact) mass is 266 g/mol. The van der Waals surface area contributed by atoms with Crippen molar-refractivity contribution < 1.29 is 14.3 Å². The number of carbonyl (C=O) groups is 2. The van der Waals surface area contributed by atoms with E-state index in [0.717, 1.165) is 19.5 Å². The maximum Gasteiger partial charge on any atom is 0.410 e. The van der Waals surface area contributed by atoms with Crippen molar-refractivity contribution in [3.8, 4) is 0 Å². The van der Waals surface area contributed by atoms with E-state index in [4.69, 9.17) is 4.74 Å². The summed E-state index contributed by atoms with van der Waals surface area (Å²) < 4.78 is 5.35. The Labute approximate surface area is 114 Å². The molecule has 19 heavy (non-hydrogen) atoms. The van der Waals surface area contributed by atoms with Crippen LogP contribution in [0.5, 0.6) is 0 Å². The van der Waals surface area contributed by atoms with Crippen molar-refractivity contribution in [1.29, 1.82) is 0 Å². The molecule has 0 radical (unpaired) electrons. The smallest absolute Gasteiger partial charge is 0.410 e. The zero-order chi connectivity index (χ0) is 14.3. The number of nitrogens with one attached hydrogen (secondary N) is 1. The molecule has 1 amide bonds. The number of ether oxygens (including phenoxy) is 1. The van der Waals surface area contributed by atoms with Crippen LogP contribution in [0.15, 0.2) is 12.7 Å². The van der Waals surface area contributed by atoms with E-state index in [1.807, 2.05) is 20.8 Å². The number of ketones is 1. The molecule has 2 unspecified atom stereocenters. The number of hydrogen-bond acceptors (Lipinski definition) is 4. The Bertz CT molecular complexity index is 405. The molecule has 2 heterocycles. The van der Waals surface area contributed by atoms with E-state index in [1.54, 1.807) is 0 Å². The van der Waals surface area contributed by atoms with Crippen LogP contribution in [0.4, 0.5) is 4.79 Å². The number of nitrogens with zero attached hydrogens (tertiary/aromatic N) is 1. The predicted octanol–water partition coefficient (Wildman–Crippen LogP) is 1.34. The second kappa shape index (κ2) is 4.63. The molecule has 5 nitrogen and oxygen atoms in total. The van der Waals surface area contributed by atoms with E-state index in [-0.39, 0.29) is 11.2 Å². The van der Waals surface area contributed by atoms with Gasteiger partial charge in [0.25, 0.3) is 0 Å². The van der Waals surface area contributed by atoms with Gasteiger partial charge in [-0.1, -0.05) is 6.58 Å². The minimum Gasteiger partial charge on any atom is -0.444 e. The third kappa shape index (κ3) is 2.52. The van der Waals surface area contributed by atoms with Crippen molar-refractivity contribution in [2.24, 2.45) is 5.41 Å².